The molecule has 0 saturated carbocycles. The molecule has 0 fully saturated rings. The standard InChI is InChI=1S/C24H25N3O4/c1-4-25-12-11-16(2)15-26-20-8-6-5-7-19(20)23(28)27-21-13-17-9-10-18(30-3)14-22(17)31-24(21)29/h4-11,13-14,25-26H,1,12,15H2,2-3H3,(H,27,28)/b16-11+. The van der Waals surface area contributed by atoms with Crippen LogP contribution >= 0.6 is 0 Å². The average Bonchev–Trinajstić information content (AvgIpc) is 2.78. The fourth-order valence-electron chi connectivity index (χ4n) is 2.95. The zero-order valence-corrected chi connectivity index (χ0v) is 17.5. The van der Waals surface area contributed by atoms with Crippen molar-refractivity contribution in [3.63, 3.8) is 0 Å². The summed E-state index contributed by atoms with van der Waals surface area (Å²) in [5.74, 6) is 0.176. The van der Waals surface area contributed by atoms with Crippen LogP contribution in [-0.2, 0) is 0 Å². The Balaban J connectivity index is 1.78. The second kappa shape index (κ2) is 10.2. The molecule has 0 unspecified atom stereocenters. The van der Waals surface area contributed by atoms with E-state index in [9.17, 15) is 9.59 Å². The van der Waals surface area contributed by atoms with E-state index in [1.165, 1.54) is 7.11 Å². The van der Waals surface area contributed by atoms with Gasteiger partial charge < -0.3 is 25.1 Å². The van der Waals surface area contributed by atoms with Crippen molar-refractivity contribution in [1.29, 1.82) is 0 Å². The molecule has 1 heterocycles. The van der Waals surface area contributed by atoms with Gasteiger partial charge in [-0.1, -0.05) is 30.4 Å². The molecule has 0 bridgehead atoms. The summed E-state index contributed by atoms with van der Waals surface area (Å²) in [4.78, 5) is 25.3. The van der Waals surface area contributed by atoms with E-state index >= 15 is 0 Å². The van der Waals surface area contributed by atoms with Crippen molar-refractivity contribution in [3.05, 3.63) is 88.9 Å². The number of nitrogens with one attached hydrogen (secondary N) is 3. The molecule has 1 amide bonds. The van der Waals surface area contributed by atoms with Crippen molar-refractivity contribution in [2.45, 2.75) is 6.92 Å². The first kappa shape index (κ1) is 21.7. The zero-order valence-electron chi connectivity index (χ0n) is 17.5. The smallest absolute Gasteiger partial charge is 0.360 e. The number of methoxy groups -OCH3 is 1. The molecule has 0 spiro atoms. The van der Waals surface area contributed by atoms with E-state index in [2.05, 4.69) is 22.5 Å². The van der Waals surface area contributed by atoms with Gasteiger partial charge in [0, 0.05) is 30.2 Å². The van der Waals surface area contributed by atoms with E-state index in [1.54, 1.807) is 42.6 Å². The second-order valence-corrected chi connectivity index (χ2v) is 6.87. The fraction of sp³-hybridized carbons (Fsp3) is 0.167. The third-order valence-electron chi connectivity index (χ3n) is 4.63. The van der Waals surface area contributed by atoms with Gasteiger partial charge in [-0.15, -0.1) is 0 Å². The molecule has 0 saturated heterocycles. The number of ether oxygens (including phenoxy) is 1. The molecule has 1 aromatic heterocycles. The number of fused-ring (bicyclic) bond motifs is 1. The summed E-state index contributed by atoms with van der Waals surface area (Å²) >= 11 is 0. The molecule has 7 nitrogen and oxygen atoms in total. The third-order valence-corrected chi connectivity index (χ3v) is 4.63. The number of anilines is 2. The van der Waals surface area contributed by atoms with Gasteiger partial charge in [-0.05, 0) is 43.5 Å². The Morgan fingerprint density at radius 3 is 2.74 bits per heavy atom. The largest absolute Gasteiger partial charge is 0.497 e. The van der Waals surface area contributed by atoms with E-state index in [-0.39, 0.29) is 5.69 Å². The molecular formula is C24H25N3O4. The minimum atomic E-state index is -0.631. The van der Waals surface area contributed by atoms with E-state index in [0.717, 1.165) is 5.57 Å². The summed E-state index contributed by atoms with van der Waals surface area (Å²) in [5.41, 5.74) is 2.03. The van der Waals surface area contributed by atoms with Gasteiger partial charge in [-0.25, -0.2) is 4.79 Å². The molecule has 160 valence electrons. The summed E-state index contributed by atoms with van der Waals surface area (Å²) in [5, 5.41) is 9.62. The number of para-hydroxylation sites is 1. The van der Waals surface area contributed by atoms with Gasteiger partial charge in [0.2, 0.25) is 0 Å². The molecule has 0 atom stereocenters. The number of benzene rings is 2. The first-order valence-electron chi connectivity index (χ1n) is 9.78. The highest BCUT2D eigenvalue weighted by Gasteiger charge is 2.14. The molecule has 0 aliphatic rings. The monoisotopic (exact) mass is 419 g/mol. The maximum atomic E-state index is 12.9. The van der Waals surface area contributed by atoms with Crippen LogP contribution in [0.15, 0.2) is 82.2 Å². The Labute approximate surface area is 180 Å². The first-order valence-corrected chi connectivity index (χ1v) is 9.78. The average molecular weight is 419 g/mol. The highest BCUT2D eigenvalue weighted by atomic mass is 16.5. The van der Waals surface area contributed by atoms with E-state index < -0.39 is 11.5 Å². The van der Waals surface area contributed by atoms with Gasteiger partial charge >= 0.3 is 5.63 Å². The molecule has 0 radical (unpaired) electrons. The molecule has 0 aliphatic carbocycles. The lowest BCUT2D eigenvalue weighted by Gasteiger charge is -2.12. The van der Waals surface area contributed by atoms with Gasteiger partial charge in [-0.3, -0.25) is 4.79 Å². The van der Waals surface area contributed by atoms with E-state index in [1.807, 2.05) is 25.1 Å². The lowest BCUT2D eigenvalue weighted by atomic mass is 10.1. The van der Waals surface area contributed by atoms with Crippen LogP contribution in [0.25, 0.3) is 11.0 Å². The van der Waals surface area contributed by atoms with Crippen molar-refractivity contribution < 1.29 is 13.9 Å². The Morgan fingerprint density at radius 1 is 1.16 bits per heavy atom. The van der Waals surface area contributed by atoms with Crippen molar-refractivity contribution in [3.8, 4) is 5.75 Å². The predicted molar refractivity (Wildman–Crippen MR) is 124 cm³/mol. The van der Waals surface area contributed by atoms with Gasteiger partial charge in [0.05, 0.1) is 12.7 Å². The predicted octanol–water partition coefficient (Wildman–Crippen LogP) is 4.15. The topological polar surface area (TPSA) is 92.6 Å². The third kappa shape index (κ3) is 5.54. The highest BCUT2D eigenvalue weighted by Crippen LogP contribution is 2.22. The van der Waals surface area contributed by atoms with Crippen LogP contribution in [-0.4, -0.2) is 26.1 Å². The lowest BCUT2D eigenvalue weighted by Crippen LogP contribution is -2.19. The molecule has 2 aromatic carbocycles. The summed E-state index contributed by atoms with van der Waals surface area (Å²) in [6.07, 6.45) is 3.67. The Morgan fingerprint density at radius 2 is 1.97 bits per heavy atom. The molecule has 3 rings (SSSR count). The minimum Gasteiger partial charge on any atom is -0.497 e. The van der Waals surface area contributed by atoms with Crippen LogP contribution in [0.3, 0.4) is 0 Å². The van der Waals surface area contributed by atoms with Crippen LogP contribution in [0.4, 0.5) is 11.4 Å². The number of amides is 1. The SMILES string of the molecule is C=CNC/C=C(\C)CNc1ccccc1C(=O)Nc1cc2ccc(OC)cc2oc1=O. The van der Waals surface area contributed by atoms with E-state index in [0.29, 0.717) is 41.1 Å². The lowest BCUT2D eigenvalue weighted by molar-refractivity contribution is 0.102. The molecule has 0 aliphatic heterocycles. The molecule has 31 heavy (non-hydrogen) atoms. The van der Waals surface area contributed by atoms with Crippen LogP contribution in [0.1, 0.15) is 17.3 Å². The molecule has 3 aromatic rings. The summed E-state index contributed by atoms with van der Waals surface area (Å²) in [7, 11) is 1.54. The van der Waals surface area contributed by atoms with Crippen LogP contribution < -0.4 is 26.3 Å². The van der Waals surface area contributed by atoms with Crippen LogP contribution in [0.2, 0.25) is 0 Å². The van der Waals surface area contributed by atoms with Gasteiger partial charge in [-0.2, -0.15) is 0 Å². The second-order valence-electron chi connectivity index (χ2n) is 6.87. The van der Waals surface area contributed by atoms with Crippen molar-refractivity contribution >= 4 is 28.3 Å². The number of carbonyl (C=O) groups excluding carboxylic acids is 1. The minimum absolute atomic E-state index is 0.0732. The Bertz CT molecular complexity index is 1180. The van der Waals surface area contributed by atoms with E-state index in [4.69, 9.17) is 9.15 Å². The highest BCUT2D eigenvalue weighted by molar-refractivity contribution is 6.08. The van der Waals surface area contributed by atoms with Crippen molar-refractivity contribution in [2.75, 3.05) is 30.8 Å². The number of rotatable bonds is 9. The van der Waals surface area contributed by atoms with Crippen molar-refractivity contribution in [2.24, 2.45) is 0 Å². The summed E-state index contributed by atoms with van der Waals surface area (Å²) < 4.78 is 10.5. The first-order chi connectivity index (χ1) is 15.0. The number of carbonyl (C=O) groups is 1. The number of hydrogen-bond acceptors (Lipinski definition) is 6. The molecule has 7 heteroatoms. The maximum absolute atomic E-state index is 12.9. The summed E-state index contributed by atoms with van der Waals surface area (Å²) in [6, 6.07) is 13.9. The van der Waals surface area contributed by atoms with Gasteiger partial charge in [0.15, 0.2) is 0 Å². The summed E-state index contributed by atoms with van der Waals surface area (Å²) in [6.45, 7) is 6.86. The normalized spacial score (nSPS) is 11.1. The molecule has 3 N–H and O–H groups in total. The van der Waals surface area contributed by atoms with Crippen LogP contribution in [0.5, 0.6) is 5.75 Å². The van der Waals surface area contributed by atoms with Gasteiger partial charge in [0.25, 0.3) is 5.91 Å². The van der Waals surface area contributed by atoms with Crippen LogP contribution in [0, 0.1) is 0 Å². The Hall–Kier alpha value is -4.00. The zero-order chi connectivity index (χ0) is 22.2. The maximum Gasteiger partial charge on any atom is 0.360 e. The molecular weight excluding hydrogens is 394 g/mol. The Kier molecular flexibility index (Phi) is 7.11. The van der Waals surface area contributed by atoms with Gasteiger partial charge in [0.1, 0.15) is 17.0 Å². The fourth-order valence-corrected chi connectivity index (χ4v) is 2.95. The van der Waals surface area contributed by atoms with Crippen molar-refractivity contribution in [1.82, 2.24) is 5.32 Å². The number of hydrogen-bond donors (Lipinski definition) is 3. The quantitative estimate of drug-likeness (QED) is 0.274.